The highest BCUT2D eigenvalue weighted by atomic mass is 16.8. The van der Waals surface area contributed by atoms with Gasteiger partial charge in [0.1, 0.15) is 18.5 Å². The highest BCUT2D eigenvalue weighted by Crippen LogP contribution is 2.72. The topological polar surface area (TPSA) is 102 Å². The number of methoxy groups -OCH3 is 1. The number of carbonyl (C=O) groups is 1. The molecule has 13 atom stereocenters. The lowest BCUT2D eigenvalue weighted by molar-refractivity contribution is -0.302. The van der Waals surface area contributed by atoms with E-state index in [0.717, 1.165) is 44.9 Å². The Morgan fingerprint density at radius 1 is 0.977 bits per heavy atom. The van der Waals surface area contributed by atoms with Crippen LogP contribution in [-0.2, 0) is 38.0 Å². The molecule has 3 aliphatic heterocycles. The van der Waals surface area contributed by atoms with Gasteiger partial charge < -0.3 is 38.3 Å². The third-order valence-corrected chi connectivity index (χ3v) is 13.8. The van der Waals surface area contributed by atoms with Gasteiger partial charge in [0.25, 0.3) is 0 Å². The number of hydrogen-bond donors (Lipinski definition) is 1. The van der Waals surface area contributed by atoms with Crippen molar-refractivity contribution in [2.75, 3.05) is 27.1 Å². The molecule has 250 valence electrons. The normalized spacial score (nSPS) is 50.2. The zero-order chi connectivity index (χ0) is 31.4. The minimum absolute atomic E-state index is 0.00466. The quantitative estimate of drug-likeness (QED) is 0.322. The minimum Gasteiger partial charge on any atom is -0.456 e. The Morgan fingerprint density at radius 3 is 2.34 bits per heavy atom. The number of fused-ring (bicyclic) bond motifs is 7. The smallest absolute Gasteiger partial charge is 0.312 e. The van der Waals surface area contributed by atoms with E-state index in [4.69, 9.17) is 33.2 Å². The van der Waals surface area contributed by atoms with Gasteiger partial charge >= 0.3 is 5.97 Å². The largest absolute Gasteiger partial charge is 0.456 e. The first kappa shape index (κ1) is 31.8. The lowest BCUT2D eigenvalue weighted by atomic mass is 9.42. The van der Waals surface area contributed by atoms with Crippen molar-refractivity contribution in [1.82, 2.24) is 0 Å². The van der Waals surface area contributed by atoms with E-state index >= 15 is 0 Å². The second-order valence-electron chi connectivity index (χ2n) is 16.9. The van der Waals surface area contributed by atoms with Gasteiger partial charge in [-0.05, 0) is 99.7 Å². The summed E-state index contributed by atoms with van der Waals surface area (Å²) < 4.78 is 43.6. The molecule has 0 unspecified atom stereocenters. The lowest BCUT2D eigenvalue weighted by Gasteiger charge is -2.65. The molecule has 1 spiro atoms. The Kier molecular flexibility index (Phi) is 7.65. The van der Waals surface area contributed by atoms with Gasteiger partial charge in [0, 0.05) is 19.4 Å². The van der Waals surface area contributed by atoms with Gasteiger partial charge in [0.15, 0.2) is 17.7 Å². The molecule has 3 saturated heterocycles. The van der Waals surface area contributed by atoms with E-state index in [-0.39, 0.29) is 53.6 Å². The standard InChI is InChI=1S/C35H56O9/c1-19(2)27-28(39-18-38-8)29(42-30(27)36)34(7,37)25-10-9-21-20-16-35(40-13-14-41-35)26-15-23-24(44-31(3,4)43-23)17-33(26,6)22(20)11-12-32(21,25)5/h19-29,37H,9-18H2,1-8H3/t20-,21-,22-,23-,24+,25-,26-,27-,28+,29-,32-,33+,34+/m0/s1. The van der Waals surface area contributed by atoms with Crippen LogP contribution < -0.4 is 0 Å². The van der Waals surface area contributed by atoms with Crippen LogP contribution in [0.2, 0.25) is 0 Å². The number of rotatable bonds is 6. The molecule has 0 aromatic heterocycles. The molecule has 7 fully saturated rings. The van der Waals surface area contributed by atoms with Crippen LogP contribution in [-0.4, -0.2) is 79.8 Å². The lowest BCUT2D eigenvalue weighted by Crippen LogP contribution is -2.65. The van der Waals surface area contributed by atoms with Gasteiger partial charge in [-0.15, -0.1) is 0 Å². The van der Waals surface area contributed by atoms with Crippen LogP contribution in [0.4, 0.5) is 0 Å². The first-order valence-corrected chi connectivity index (χ1v) is 17.3. The molecular weight excluding hydrogens is 564 g/mol. The van der Waals surface area contributed by atoms with E-state index in [1.807, 2.05) is 34.6 Å². The molecule has 7 rings (SSSR count). The van der Waals surface area contributed by atoms with Crippen molar-refractivity contribution in [1.29, 1.82) is 0 Å². The predicted molar refractivity (Wildman–Crippen MR) is 160 cm³/mol. The summed E-state index contributed by atoms with van der Waals surface area (Å²) in [5.74, 6) is -0.287. The second-order valence-corrected chi connectivity index (χ2v) is 16.9. The fourth-order valence-electron chi connectivity index (χ4n) is 12.3. The van der Waals surface area contributed by atoms with Crippen molar-refractivity contribution in [3.8, 4) is 0 Å². The molecule has 4 saturated carbocycles. The predicted octanol–water partition coefficient (Wildman–Crippen LogP) is 5.07. The molecular formula is C35H56O9. The molecule has 9 heteroatoms. The molecule has 44 heavy (non-hydrogen) atoms. The van der Waals surface area contributed by atoms with E-state index in [9.17, 15) is 9.90 Å². The molecule has 1 N–H and O–H groups in total. The molecule has 0 aromatic rings. The average Bonchev–Trinajstić information content (AvgIpc) is 3.69. The summed E-state index contributed by atoms with van der Waals surface area (Å²) in [6, 6.07) is 0. The summed E-state index contributed by atoms with van der Waals surface area (Å²) >= 11 is 0. The van der Waals surface area contributed by atoms with E-state index in [1.54, 1.807) is 7.11 Å². The summed E-state index contributed by atoms with van der Waals surface area (Å²) in [4.78, 5) is 13.1. The Morgan fingerprint density at radius 2 is 1.66 bits per heavy atom. The van der Waals surface area contributed by atoms with E-state index in [0.29, 0.717) is 31.0 Å². The minimum atomic E-state index is -1.24. The maximum Gasteiger partial charge on any atom is 0.312 e. The van der Waals surface area contributed by atoms with Crippen LogP contribution in [0.3, 0.4) is 0 Å². The monoisotopic (exact) mass is 620 g/mol. The Labute approximate surface area is 263 Å². The summed E-state index contributed by atoms with van der Waals surface area (Å²) in [7, 11) is 1.58. The van der Waals surface area contributed by atoms with Crippen molar-refractivity contribution in [3.05, 3.63) is 0 Å². The van der Waals surface area contributed by atoms with Gasteiger partial charge in [-0.2, -0.15) is 0 Å². The summed E-state index contributed by atoms with van der Waals surface area (Å²) in [5.41, 5.74) is -1.36. The number of cyclic esters (lactones) is 1. The fraction of sp³-hybridized carbons (Fsp3) is 0.971. The summed E-state index contributed by atoms with van der Waals surface area (Å²) in [6.45, 7) is 16.2. The summed E-state index contributed by atoms with van der Waals surface area (Å²) in [6.07, 6.45) is 5.66. The van der Waals surface area contributed by atoms with Gasteiger partial charge in [0.05, 0.1) is 31.3 Å². The van der Waals surface area contributed by atoms with E-state index in [1.165, 1.54) is 0 Å². The van der Waals surface area contributed by atoms with Crippen LogP contribution in [0.15, 0.2) is 0 Å². The van der Waals surface area contributed by atoms with Crippen LogP contribution in [0.1, 0.15) is 93.4 Å². The first-order chi connectivity index (χ1) is 20.7. The molecule has 0 bridgehead atoms. The number of esters is 1. The maximum atomic E-state index is 13.1. The average molecular weight is 621 g/mol. The number of hydrogen-bond acceptors (Lipinski definition) is 9. The van der Waals surface area contributed by atoms with Crippen LogP contribution in [0, 0.1) is 52.3 Å². The molecule has 3 heterocycles. The fourth-order valence-corrected chi connectivity index (χ4v) is 12.3. The molecule has 0 aromatic carbocycles. The van der Waals surface area contributed by atoms with Crippen LogP contribution >= 0.6 is 0 Å². The van der Waals surface area contributed by atoms with Crippen molar-refractivity contribution < 1.29 is 43.1 Å². The SMILES string of the molecule is COCO[C@@H]1[C@H](C(C)C)C(=O)O[C@@H]1[C@](C)(O)[C@H]1CC[C@H]2[C@@H]3CC4(OCCO4)[C@H]4C[C@@H]5OC(C)(C)O[C@@H]5C[C@]4(C)[C@H]3CC[C@]12C. The maximum absolute atomic E-state index is 13.1. The third kappa shape index (κ3) is 4.53. The van der Waals surface area contributed by atoms with Crippen LogP contribution in [0.5, 0.6) is 0 Å². The molecule has 4 aliphatic carbocycles. The molecule has 7 aliphatic rings. The second kappa shape index (κ2) is 10.6. The zero-order valence-electron chi connectivity index (χ0n) is 28.1. The van der Waals surface area contributed by atoms with Gasteiger partial charge in [0.2, 0.25) is 0 Å². The molecule has 0 amide bonds. The molecule has 9 nitrogen and oxygen atoms in total. The zero-order valence-corrected chi connectivity index (χ0v) is 28.1. The number of aliphatic hydroxyl groups is 1. The van der Waals surface area contributed by atoms with Crippen molar-refractivity contribution in [2.24, 2.45) is 52.3 Å². The highest BCUT2D eigenvalue weighted by molar-refractivity contribution is 5.76. The highest BCUT2D eigenvalue weighted by Gasteiger charge is 2.71. The Bertz CT molecular complexity index is 1120. The van der Waals surface area contributed by atoms with E-state index < -0.39 is 35.3 Å². The number of carbonyl (C=O) groups excluding carboxylic acids is 1. The van der Waals surface area contributed by atoms with Crippen molar-refractivity contribution in [2.45, 2.75) is 135 Å². The number of ether oxygens (including phenoxy) is 7. The Balaban J connectivity index is 1.19. The van der Waals surface area contributed by atoms with Gasteiger partial charge in [-0.1, -0.05) is 27.7 Å². The van der Waals surface area contributed by atoms with Crippen LogP contribution in [0.25, 0.3) is 0 Å². The van der Waals surface area contributed by atoms with E-state index in [2.05, 4.69) is 13.8 Å². The van der Waals surface area contributed by atoms with Gasteiger partial charge in [-0.3, -0.25) is 4.79 Å². The van der Waals surface area contributed by atoms with Gasteiger partial charge in [-0.25, -0.2) is 0 Å². The summed E-state index contributed by atoms with van der Waals surface area (Å²) in [5, 5.41) is 12.5. The molecule has 0 radical (unpaired) electrons. The van der Waals surface area contributed by atoms with Crippen molar-refractivity contribution >= 4 is 5.97 Å². The Hall–Kier alpha value is -0.810. The third-order valence-electron chi connectivity index (χ3n) is 13.8. The van der Waals surface area contributed by atoms with Crippen molar-refractivity contribution in [3.63, 3.8) is 0 Å². The first-order valence-electron chi connectivity index (χ1n) is 17.3.